The van der Waals surface area contributed by atoms with Crippen LogP contribution in [0.1, 0.15) is 23.2 Å². The Morgan fingerprint density at radius 1 is 1.10 bits per heavy atom. The van der Waals surface area contributed by atoms with Crippen LogP contribution in [0.2, 0.25) is 0 Å². The molecule has 0 aliphatic heterocycles. The lowest BCUT2D eigenvalue weighted by atomic mass is 10.0. The SMILES string of the molecule is Cc1ccc(-c2cc(C)nc(NCCCN)n2)c(C)c1. The second kappa shape index (κ2) is 6.48. The van der Waals surface area contributed by atoms with Gasteiger partial charge < -0.3 is 11.1 Å². The molecular weight excluding hydrogens is 248 g/mol. The van der Waals surface area contributed by atoms with Gasteiger partial charge in [-0.05, 0) is 45.4 Å². The molecule has 0 radical (unpaired) electrons. The van der Waals surface area contributed by atoms with Crippen LogP contribution in [0.3, 0.4) is 0 Å². The van der Waals surface area contributed by atoms with Crippen LogP contribution in [-0.4, -0.2) is 23.1 Å². The normalized spacial score (nSPS) is 10.6. The predicted molar refractivity (Wildman–Crippen MR) is 83.8 cm³/mol. The van der Waals surface area contributed by atoms with Crippen molar-refractivity contribution in [1.82, 2.24) is 9.97 Å². The van der Waals surface area contributed by atoms with Crippen molar-refractivity contribution in [3.05, 3.63) is 41.1 Å². The van der Waals surface area contributed by atoms with E-state index in [1.807, 2.05) is 13.0 Å². The molecule has 0 saturated heterocycles. The monoisotopic (exact) mass is 270 g/mol. The van der Waals surface area contributed by atoms with Gasteiger partial charge in [0.2, 0.25) is 5.95 Å². The highest BCUT2D eigenvalue weighted by Crippen LogP contribution is 2.23. The van der Waals surface area contributed by atoms with Crippen molar-refractivity contribution in [2.45, 2.75) is 27.2 Å². The van der Waals surface area contributed by atoms with Crippen LogP contribution < -0.4 is 11.1 Å². The number of nitrogens with one attached hydrogen (secondary N) is 1. The summed E-state index contributed by atoms with van der Waals surface area (Å²) < 4.78 is 0. The van der Waals surface area contributed by atoms with Gasteiger partial charge >= 0.3 is 0 Å². The lowest BCUT2D eigenvalue weighted by molar-refractivity contribution is 0.862. The molecule has 0 aliphatic carbocycles. The predicted octanol–water partition coefficient (Wildman–Crippen LogP) is 2.83. The van der Waals surface area contributed by atoms with E-state index in [-0.39, 0.29) is 0 Å². The first-order chi connectivity index (χ1) is 9.60. The number of benzene rings is 1. The highest BCUT2D eigenvalue weighted by Gasteiger charge is 2.07. The van der Waals surface area contributed by atoms with Crippen LogP contribution in [-0.2, 0) is 0 Å². The molecule has 0 amide bonds. The first-order valence-corrected chi connectivity index (χ1v) is 6.97. The van der Waals surface area contributed by atoms with Gasteiger partial charge in [0.15, 0.2) is 0 Å². The van der Waals surface area contributed by atoms with Crippen LogP contribution >= 0.6 is 0 Å². The van der Waals surface area contributed by atoms with Gasteiger partial charge in [-0.15, -0.1) is 0 Å². The van der Waals surface area contributed by atoms with Crippen molar-refractivity contribution >= 4 is 5.95 Å². The maximum Gasteiger partial charge on any atom is 0.223 e. The number of aromatic nitrogens is 2. The molecule has 0 saturated carbocycles. The molecule has 3 N–H and O–H groups in total. The molecule has 0 spiro atoms. The lowest BCUT2D eigenvalue weighted by Gasteiger charge is -2.10. The van der Waals surface area contributed by atoms with Crippen LogP contribution in [0, 0.1) is 20.8 Å². The van der Waals surface area contributed by atoms with Gasteiger partial charge in [0.05, 0.1) is 5.69 Å². The number of hydrogen-bond donors (Lipinski definition) is 2. The molecule has 0 aliphatic rings. The summed E-state index contributed by atoms with van der Waals surface area (Å²) in [6.45, 7) is 7.67. The fraction of sp³-hybridized carbons (Fsp3) is 0.375. The zero-order chi connectivity index (χ0) is 14.5. The molecule has 1 aromatic heterocycles. The van der Waals surface area contributed by atoms with Crippen LogP contribution in [0.4, 0.5) is 5.95 Å². The average Bonchev–Trinajstić information content (AvgIpc) is 2.38. The molecule has 0 atom stereocenters. The third-order valence-corrected chi connectivity index (χ3v) is 3.18. The van der Waals surface area contributed by atoms with E-state index in [1.54, 1.807) is 0 Å². The van der Waals surface area contributed by atoms with Gasteiger partial charge in [-0.1, -0.05) is 23.8 Å². The molecule has 2 aromatic rings. The van der Waals surface area contributed by atoms with Gasteiger partial charge in [-0.25, -0.2) is 9.97 Å². The minimum atomic E-state index is 0.669. The minimum absolute atomic E-state index is 0.669. The van der Waals surface area contributed by atoms with E-state index >= 15 is 0 Å². The van der Waals surface area contributed by atoms with E-state index in [1.165, 1.54) is 11.1 Å². The summed E-state index contributed by atoms with van der Waals surface area (Å²) in [6.07, 6.45) is 0.913. The Labute approximate surface area is 120 Å². The maximum absolute atomic E-state index is 5.50. The van der Waals surface area contributed by atoms with Gasteiger partial charge in [-0.3, -0.25) is 0 Å². The molecule has 4 heteroatoms. The smallest absolute Gasteiger partial charge is 0.223 e. The topological polar surface area (TPSA) is 63.8 Å². The number of anilines is 1. The maximum atomic E-state index is 5.50. The van der Waals surface area contributed by atoms with Crippen molar-refractivity contribution in [1.29, 1.82) is 0 Å². The molecule has 0 unspecified atom stereocenters. The van der Waals surface area contributed by atoms with Crippen LogP contribution in [0.25, 0.3) is 11.3 Å². The van der Waals surface area contributed by atoms with Crippen molar-refractivity contribution in [3.63, 3.8) is 0 Å². The van der Waals surface area contributed by atoms with Crippen molar-refractivity contribution in [3.8, 4) is 11.3 Å². The molecule has 2 rings (SSSR count). The minimum Gasteiger partial charge on any atom is -0.354 e. The Bertz CT molecular complexity index is 593. The summed E-state index contributed by atoms with van der Waals surface area (Å²) in [5.74, 6) is 0.674. The average molecular weight is 270 g/mol. The first-order valence-electron chi connectivity index (χ1n) is 6.97. The quantitative estimate of drug-likeness (QED) is 0.820. The zero-order valence-corrected chi connectivity index (χ0v) is 12.4. The Morgan fingerprint density at radius 3 is 2.60 bits per heavy atom. The van der Waals surface area contributed by atoms with Gasteiger partial charge in [0, 0.05) is 17.8 Å². The highest BCUT2D eigenvalue weighted by atomic mass is 15.1. The highest BCUT2D eigenvalue weighted by molar-refractivity contribution is 5.65. The van der Waals surface area contributed by atoms with E-state index < -0.39 is 0 Å². The molecule has 0 fully saturated rings. The molecule has 4 nitrogen and oxygen atoms in total. The summed E-state index contributed by atoms with van der Waals surface area (Å²) in [5.41, 5.74) is 11.1. The number of nitrogens with zero attached hydrogens (tertiary/aromatic N) is 2. The fourth-order valence-electron chi connectivity index (χ4n) is 2.19. The van der Waals surface area contributed by atoms with E-state index in [4.69, 9.17) is 5.73 Å². The van der Waals surface area contributed by atoms with Crippen LogP contribution in [0.15, 0.2) is 24.3 Å². The van der Waals surface area contributed by atoms with Crippen molar-refractivity contribution in [2.24, 2.45) is 5.73 Å². The number of aryl methyl sites for hydroxylation is 3. The molecular formula is C16H22N4. The lowest BCUT2D eigenvalue weighted by Crippen LogP contribution is -2.11. The van der Waals surface area contributed by atoms with Gasteiger partial charge in [-0.2, -0.15) is 0 Å². The largest absolute Gasteiger partial charge is 0.354 e. The first kappa shape index (κ1) is 14.5. The number of hydrogen-bond acceptors (Lipinski definition) is 4. The summed E-state index contributed by atoms with van der Waals surface area (Å²) in [6, 6.07) is 8.43. The molecule has 1 aromatic carbocycles. The summed E-state index contributed by atoms with van der Waals surface area (Å²) in [7, 11) is 0. The second-order valence-electron chi connectivity index (χ2n) is 5.11. The standard InChI is InChI=1S/C16H22N4/c1-11-5-6-14(12(2)9-11)15-10-13(3)19-16(20-15)18-8-4-7-17/h5-6,9-10H,4,7-8,17H2,1-3H3,(H,18,19,20). The second-order valence-corrected chi connectivity index (χ2v) is 5.11. The van der Waals surface area contributed by atoms with E-state index in [0.29, 0.717) is 12.5 Å². The van der Waals surface area contributed by atoms with Gasteiger partial charge in [0.25, 0.3) is 0 Å². The van der Waals surface area contributed by atoms with Crippen LogP contribution in [0.5, 0.6) is 0 Å². The zero-order valence-electron chi connectivity index (χ0n) is 12.4. The van der Waals surface area contributed by atoms with Crippen molar-refractivity contribution in [2.75, 3.05) is 18.4 Å². The Morgan fingerprint density at radius 2 is 1.90 bits per heavy atom. The van der Waals surface area contributed by atoms with E-state index in [0.717, 1.165) is 29.9 Å². The molecule has 106 valence electrons. The Kier molecular flexibility index (Phi) is 4.69. The number of nitrogens with two attached hydrogens (primary N) is 1. The van der Waals surface area contributed by atoms with Gasteiger partial charge in [0.1, 0.15) is 0 Å². The summed E-state index contributed by atoms with van der Waals surface area (Å²) in [4.78, 5) is 9.02. The third kappa shape index (κ3) is 3.54. The summed E-state index contributed by atoms with van der Waals surface area (Å²) in [5, 5.41) is 3.23. The molecule has 20 heavy (non-hydrogen) atoms. The Balaban J connectivity index is 2.31. The fourth-order valence-corrected chi connectivity index (χ4v) is 2.19. The number of rotatable bonds is 5. The Hall–Kier alpha value is -1.94. The summed E-state index contributed by atoms with van der Waals surface area (Å²) >= 11 is 0. The van der Waals surface area contributed by atoms with E-state index in [2.05, 4.69) is 47.3 Å². The van der Waals surface area contributed by atoms with E-state index in [9.17, 15) is 0 Å². The van der Waals surface area contributed by atoms with Crippen molar-refractivity contribution < 1.29 is 0 Å². The molecule has 1 heterocycles. The third-order valence-electron chi connectivity index (χ3n) is 3.18. The molecule has 0 bridgehead atoms.